The molecule has 0 spiro atoms. The molecule has 1 atom stereocenters. The minimum absolute atomic E-state index is 0.00264. The van der Waals surface area contributed by atoms with Crippen LogP contribution in [0.15, 0.2) is 6.20 Å². The second-order valence-corrected chi connectivity index (χ2v) is 4.27. The Morgan fingerprint density at radius 1 is 1.59 bits per heavy atom. The third-order valence-electron chi connectivity index (χ3n) is 2.83. The highest BCUT2D eigenvalue weighted by Gasteiger charge is 2.23. The number of hydrogen-bond acceptors (Lipinski definition) is 5. The van der Waals surface area contributed by atoms with E-state index in [1.54, 1.807) is 22.8 Å². The van der Waals surface area contributed by atoms with Crippen LogP contribution in [0.1, 0.15) is 5.69 Å². The largest absolute Gasteiger partial charge is 0.339 e. The fraction of sp³-hybridized carbons (Fsp3) is 0.700. The summed E-state index contributed by atoms with van der Waals surface area (Å²) in [7, 11) is 1.79. The molecule has 0 aromatic carbocycles. The number of hydrogen-bond donors (Lipinski definition) is 2. The van der Waals surface area contributed by atoms with Gasteiger partial charge in [0.05, 0.1) is 11.7 Å². The van der Waals surface area contributed by atoms with Gasteiger partial charge in [0, 0.05) is 45.8 Å². The normalized spacial score (nSPS) is 18.1. The van der Waals surface area contributed by atoms with Crippen LogP contribution in [-0.2, 0) is 18.3 Å². The lowest BCUT2D eigenvalue weighted by atomic mass is 10.1. The molecule has 17 heavy (non-hydrogen) atoms. The predicted molar refractivity (Wildman–Crippen MR) is 62.1 cm³/mol. The maximum atomic E-state index is 12.0. The molecule has 1 aliphatic heterocycles. The monoisotopic (exact) mass is 238 g/mol. The number of aromatic nitrogens is 3. The van der Waals surface area contributed by atoms with Crippen LogP contribution in [0.2, 0.25) is 0 Å². The van der Waals surface area contributed by atoms with Crippen LogP contribution in [0, 0.1) is 0 Å². The molecule has 1 aromatic heterocycles. The first-order valence-electron chi connectivity index (χ1n) is 5.77. The van der Waals surface area contributed by atoms with Crippen molar-refractivity contribution in [3.8, 4) is 0 Å². The van der Waals surface area contributed by atoms with E-state index in [2.05, 4.69) is 15.6 Å². The van der Waals surface area contributed by atoms with Gasteiger partial charge in [-0.05, 0) is 0 Å². The maximum Gasteiger partial charge on any atom is 0.239 e. The topological polar surface area (TPSA) is 89.1 Å². The SMILES string of the molecule is Cn1cc(CC(N)C(=O)N2CCNCC2)nn1. The van der Waals surface area contributed by atoms with Crippen LogP contribution in [0.4, 0.5) is 0 Å². The highest BCUT2D eigenvalue weighted by molar-refractivity contribution is 5.82. The Kier molecular flexibility index (Phi) is 3.70. The van der Waals surface area contributed by atoms with E-state index in [9.17, 15) is 4.79 Å². The van der Waals surface area contributed by atoms with Crippen LogP contribution in [0.3, 0.4) is 0 Å². The number of piperazine rings is 1. The van der Waals surface area contributed by atoms with Crippen molar-refractivity contribution in [1.29, 1.82) is 0 Å². The van der Waals surface area contributed by atoms with Crippen LogP contribution < -0.4 is 11.1 Å². The Morgan fingerprint density at radius 2 is 2.29 bits per heavy atom. The first-order chi connectivity index (χ1) is 8.16. The molecule has 1 unspecified atom stereocenters. The molecule has 1 saturated heterocycles. The second-order valence-electron chi connectivity index (χ2n) is 4.27. The van der Waals surface area contributed by atoms with Gasteiger partial charge in [0.1, 0.15) is 0 Å². The van der Waals surface area contributed by atoms with Crippen LogP contribution in [0.25, 0.3) is 0 Å². The molecular weight excluding hydrogens is 220 g/mol. The fourth-order valence-corrected chi connectivity index (χ4v) is 1.92. The van der Waals surface area contributed by atoms with Crippen LogP contribution in [-0.4, -0.2) is 58.0 Å². The number of carbonyl (C=O) groups is 1. The van der Waals surface area contributed by atoms with Gasteiger partial charge < -0.3 is 16.0 Å². The number of nitrogens with zero attached hydrogens (tertiary/aromatic N) is 4. The third-order valence-corrected chi connectivity index (χ3v) is 2.83. The van der Waals surface area contributed by atoms with Crippen molar-refractivity contribution in [2.75, 3.05) is 26.2 Å². The molecule has 3 N–H and O–H groups in total. The molecule has 7 heteroatoms. The van der Waals surface area contributed by atoms with E-state index >= 15 is 0 Å². The molecule has 0 saturated carbocycles. The minimum Gasteiger partial charge on any atom is -0.339 e. The van der Waals surface area contributed by atoms with E-state index in [4.69, 9.17) is 5.73 Å². The summed E-state index contributed by atoms with van der Waals surface area (Å²) in [4.78, 5) is 13.8. The van der Waals surface area contributed by atoms with Gasteiger partial charge in [-0.25, -0.2) is 0 Å². The van der Waals surface area contributed by atoms with Crippen LogP contribution in [0.5, 0.6) is 0 Å². The number of amides is 1. The predicted octanol–water partition coefficient (Wildman–Crippen LogP) is -1.88. The van der Waals surface area contributed by atoms with Crippen molar-refractivity contribution >= 4 is 5.91 Å². The van der Waals surface area contributed by atoms with Gasteiger partial charge in [-0.2, -0.15) is 0 Å². The van der Waals surface area contributed by atoms with Crippen molar-refractivity contribution in [3.05, 3.63) is 11.9 Å². The van der Waals surface area contributed by atoms with Gasteiger partial charge in [-0.1, -0.05) is 5.21 Å². The summed E-state index contributed by atoms with van der Waals surface area (Å²) in [5.41, 5.74) is 6.65. The highest BCUT2D eigenvalue weighted by atomic mass is 16.2. The summed E-state index contributed by atoms with van der Waals surface area (Å²) in [5.74, 6) is -0.00264. The first-order valence-corrected chi connectivity index (χ1v) is 5.77. The highest BCUT2D eigenvalue weighted by Crippen LogP contribution is 2.02. The second kappa shape index (κ2) is 5.24. The van der Waals surface area contributed by atoms with Crippen molar-refractivity contribution in [2.24, 2.45) is 12.8 Å². The third kappa shape index (κ3) is 3.01. The fourth-order valence-electron chi connectivity index (χ4n) is 1.92. The lowest BCUT2D eigenvalue weighted by Crippen LogP contribution is -2.52. The molecule has 7 nitrogen and oxygen atoms in total. The zero-order valence-electron chi connectivity index (χ0n) is 9.96. The zero-order chi connectivity index (χ0) is 12.3. The van der Waals surface area contributed by atoms with Gasteiger partial charge in [0.2, 0.25) is 5.91 Å². The Morgan fingerprint density at radius 3 is 2.88 bits per heavy atom. The summed E-state index contributed by atoms with van der Waals surface area (Å²) in [6.45, 7) is 3.13. The minimum atomic E-state index is -0.523. The van der Waals surface area contributed by atoms with Gasteiger partial charge in [0.25, 0.3) is 0 Å². The molecule has 1 aliphatic rings. The van der Waals surface area contributed by atoms with E-state index in [0.29, 0.717) is 6.42 Å². The quantitative estimate of drug-likeness (QED) is 0.643. The number of aryl methyl sites for hydroxylation is 1. The average Bonchev–Trinajstić information content (AvgIpc) is 2.75. The molecule has 1 amide bonds. The van der Waals surface area contributed by atoms with E-state index in [1.165, 1.54) is 0 Å². The first kappa shape index (κ1) is 12.0. The molecule has 0 bridgehead atoms. The zero-order valence-corrected chi connectivity index (χ0v) is 9.96. The van der Waals surface area contributed by atoms with Gasteiger partial charge in [-0.3, -0.25) is 9.48 Å². The van der Waals surface area contributed by atoms with Gasteiger partial charge >= 0.3 is 0 Å². The maximum absolute atomic E-state index is 12.0. The molecule has 2 rings (SSSR count). The summed E-state index contributed by atoms with van der Waals surface area (Å²) in [6.07, 6.45) is 2.22. The van der Waals surface area contributed by atoms with E-state index in [-0.39, 0.29) is 5.91 Å². The van der Waals surface area contributed by atoms with Crippen molar-refractivity contribution in [3.63, 3.8) is 0 Å². The van der Waals surface area contributed by atoms with Gasteiger partial charge in [-0.15, -0.1) is 5.10 Å². The summed E-state index contributed by atoms with van der Waals surface area (Å²) in [5, 5.41) is 11.0. The lowest BCUT2D eigenvalue weighted by Gasteiger charge is -2.29. The summed E-state index contributed by atoms with van der Waals surface area (Å²) < 4.78 is 1.61. The van der Waals surface area contributed by atoms with Crippen molar-refractivity contribution < 1.29 is 4.79 Å². The summed E-state index contributed by atoms with van der Waals surface area (Å²) in [6, 6.07) is -0.523. The molecule has 1 aromatic rings. The Bertz CT molecular complexity index is 384. The lowest BCUT2D eigenvalue weighted by molar-refractivity contribution is -0.133. The smallest absolute Gasteiger partial charge is 0.239 e. The number of nitrogens with two attached hydrogens (primary N) is 1. The van der Waals surface area contributed by atoms with Crippen molar-refractivity contribution in [1.82, 2.24) is 25.2 Å². The average molecular weight is 238 g/mol. The number of carbonyl (C=O) groups excluding carboxylic acids is 1. The van der Waals surface area contributed by atoms with Crippen molar-refractivity contribution in [2.45, 2.75) is 12.5 Å². The van der Waals surface area contributed by atoms with E-state index < -0.39 is 6.04 Å². The van der Waals surface area contributed by atoms with Crippen LogP contribution >= 0.6 is 0 Å². The molecule has 2 heterocycles. The Balaban J connectivity index is 1.90. The molecular formula is C10H18N6O. The summed E-state index contributed by atoms with van der Waals surface area (Å²) >= 11 is 0. The number of nitrogens with one attached hydrogen (secondary N) is 1. The number of rotatable bonds is 3. The molecule has 1 fully saturated rings. The molecule has 94 valence electrons. The molecule has 0 radical (unpaired) electrons. The molecule has 0 aliphatic carbocycles. The van der Waals surface area contributed by atoms with Gasteiger partial charge in [0.15, 0.2) is 0 Å². The van der Waals surface area contributed by atoms with E-state index in [0.717, 1.165) is 31.9 Å². The van der Waals surface area contributed by atoms with E-state index in [1.807, 2.05) is 0 Å². The standard InChI is InChI=1S/C10H18N6O/c1-15-7-8(13-14-15)6-9(11)10(17)16-4-2-12-3-5-16/h7,9,12H,2-6,11H2,1H3. The Labute approximate surface area is 100.0 Å². The Hall–Kier alpha value is -1.47.